The fraction of sp³-hybridized carbons (Fsp3) is 0.778. The van der Waals surface area contributed by atoms with Crippen LogP contribution in [0.15, 0.2) is 24.3 Å². The lowest BCUT2D eigenvalue weighted by atomic mass is 9.47. The number of rotatable bonds is 7. The van der Waals surface area contributed by atoms with E-state index in [2.05, 4.69) is 38.1 Å². The Hall–Kier alpha value is -0.780. The summed E-state index contributed by atoms with van der Waals surface area (Å²) in [5.41, 5.74) is 4.46. The molecule has 2 bridgehead atoms. The van der Waals surface area contributed by atoms with Crippen LogP contribution in [0.2, 0.25) is 0 Å². The van der Waals surface area contributed by atoms with Crippen LogP contribution in [0.1, 0.15) is 115 Å². The van der Waals surface area contributed by atoms with Gasteiger partial charge in [0.1, 0.15) is 0 Å². The van der Waals surface area contributed by atoms with E-state index in [9.17, 15) is 0 Å². The van der Waals surface area contributed by atoms with Crippen molar-refractivity contribution < 1.29 is 0 Å². The number of hydrogen-bond donors (Lipinski definition) is 0. The van der Waals surface area contributed by atoms with Crippen LogP contribution >= 0.6 is 0 Å². The van der Waals surface area contributed by atoms with E-state index in [4.69, 9.17) is 0 Å². The van der Waals surface area contributed by atoms with Gasteiger partial charge in [0.2, 0.25) is 0 Å². The summed E-state index contributed by atoms with van der Waals surface area (Å²) in [4.78, 5) is 0. The van der Waals surface area contributed by atoms with Crippen molar-refractivity contribution in [2.75, 3.05) is 0 Å². The van der Waals surface area contributed by atoms with Crippen molar-refractivity contribution in [3.63, 3.8) is 0 Å². The average molecular weight is 367 g/mol. The number of fused-ring (bicyclic) bond motifs is 3. The highest BCUT2D eigenvalue weighted by Crippen LogP contribution is 2.62. The van der Waals surface area contributed by atoms with Crippen LogP contribution < -0.4 is 0 Å². The minimum Gasteiger partial charge on any atom is -0.0654 e. The van der Waals surface area contributed by atoms with Crippen molar-refractivity contribution >= 4 is 0 Å². The van der Waals surface area contributed by atoms with Gasteiger partial charge in [0, 0.05) is 0 Å². The van der Waals surface area contributed by atoms with Gasteiger partial charge in [0.25, 0.3) is 0 Å². The standard InChI is InChI=1S/C27H42/c1-3-5-7-23-10-14-25(15-11-23)27-19-16-26(17-20-27,18-21-27)24-12-8-22(6-4-2)9-13-24/h8-9,12-13,23,25H,3-7,10-11,14-21H2,1-2H3. The summed E-state index contributed by atoms with van der Waals surface area (Å²) in [6.45, 7) is 4.63. The van der Waals surface area contributed by atoms with E-state index < -0.39 is 0 Å². The second kappa shape index (κ2) is 8.30. The molecule has 27 heavy (non-hydrogen) atoms. The molecule has 0 aromatic heterocycles. The Bertz CT molecular complexity index is 562. The van der Waals surface area contributed by atoms with Crippen molar-refractivity contribution in [3.05, 3.63) is 35.4 Å². The Kier molecular flexibility index (Phi) is 6.00. The average Bonchev–Trinajstić information content (AvgIpc) is 2.75. The third kappa shape index (κ3) is 3.88. The Balaban J connectivity index is 1.37. The molecule has 1 aromatic carbocycles. The Morgan fingerprint density at radius 3 is 1.96 bits per heavy atom. The van der Waals surface area contributed by atoms with E-state index in [1.165, 1.54) is 89.0 Å². The third-order valence-corrected chi connectivity index (χ3v) is 9.09. The molecular weight excluding hydrogens is 324 g/mol. The van der Waals surface area contributed by atoms with E-state index in [1.807, 2.05) is 0 Å². The van der Waals surface area contributed by atoms with Crippen LogP contribution in [0.4, 0.5) is 0 Å². The van der Waals surface area contributed by atoms with E-state index in [0.717, 1.165) is 17.3 Å². The Morgan fingerprint density at radius 2 is 1.41 bits per heavy atom. The van der Waals surface area contributed by atoms with Gasteiger partial charge >= 0.3 is 0 Å². The van der Waals surface area contributed by atoms with Crippen LogP contribution in [0, 0.1) is 17.3 Å². The second-order valence-corrected chi connectivity index (χ2v) is 10.4. The molecule has 0 amide bonds. The molecule has 0 aliphatic heterocycles. The smallest absolute Gasteiger partial charge is 0.00463 e. The molecule has 0 nitrogen and oxygen atoms in total. The Morgan fingerprint density at radius 1 is 0.778 bits per heavy atom. The zero-order chi connectivity index (χ0) is 18.7. The van der Waals surface area contributed by atoms with Crippen LogP contribution in [0.25, 0.3) is 0 Å². The van der Waals surface area contributed by atoms with Crippen LogP contribution in [0.3, 0.4) is 0 Å². The first kappa shape index (κ1) is 19.5. The lowest BCUT2D eigenvalue weighted by molar-refractivity contribution is -0.0294. The van der Waals surface area contributed by atoms with Gasteiger partial charge in [-0.25, -0.2) is 0 Å². The molecule has 0 unspecified atom stereocenters. The van der Waals surface area contributed by atoms with Gasteiger partial charge in [0.05, 0.1) is 0 Å². The van der Waals surface area contributed by atoms with E-state index in [-0.39, 0.29) is 0 Å². The number of benzene rings is 1. The second-order valence-electron chi connectivity index (χ2n) is 10.4. The zero-order valence-electron chi connectivity index (χ0n) is 18.1. The quantitative estimate of drug-likeness (QED) is 0.456. The van der Waals surface area contributed by atoms with E-state index in [0.29, 0.717) is 5.41 Å². The molecule has 0 atom stereocenters. The highest BCUT2D eigenvalue weighted by molar-refractivity contribution is 5.31. The molecule has 5 rings (SSSR count). The molecule has 4 aliphatic carbocycles. The molecule has 0 heteroatoms. The highest BCUT2D eigenvalue weighted by atomic mass is 14.6. The Labute approximate surface area is 168 Å². The SMILES string of the molecule is CCCCC1CCC(C23CCC(c4ccc(CCC)cc4)(CC2)CC3)CC1. The van der Waals surface area contributed by atoms with Crippen molar-refractivity contribution in [1.82, 2.24) is 0 Å². The summed E-state index contributed by atoms with van der Waals surface area (Å²) < 4.78 is 0. The third-order valence-electron chi connectivity index (χ3n) is 9.09. The van der Waals surface area contributed by atoms with Crippen LogP contribution in [0.5, 0.6) is 0 Å². The van der Waals surface area contributed by atoms with E-state index >= 15 is 0 Å². The first-order valence-corrected chi connectivity index (χ1v) is 12.3. The van der Waals surface area contributed by atoms with Crippen LogP contribution in [-0.2, 0) is 11.8 Å². The number of aryl methyl sites for hydroxylation is 1. The van der Waals surface area contributed by atoms with Crippen molar-refractivity contribution in [2.45, 2.75) is 116 Å². The molecule has 0 radical (unpaired) electrons. The number of hydrogen-bond acceptors (Lipinski definition) is 0. The summed E-state index contributed by atoms with van der Waals surface area (Å²) >= 11 is 0. The normalized spacial score (nSPS) is 36.1. The molecular formula is C27H42. The van der Waals surface area contributed by atoms with Gasteiger partial charge in [-0.05, 0) is 91.6 Å². The maximum atomic E-state index is 2.49. The minimum atomic E-state index is 0.533. The van der Waals surface area contributed by atoms with E-state index in [1.54, 1.807) is 18.4 Å². The fourth-order valence-corrected chi connectivity index (χ4v) is 7.13. The molecule has 150 valence electrons. The fourth-order valence-electron chi connectivity index (χ4n) is 7.13. The van der Waals surface area contributed by atoms with Crippen molar-refractivity contribution in [1.29, 1.82) is 0 Å². The molecule has 0 spiro atoms. The zero-order valence-corrected chi connectivity index (χ0v) is 18.1. The highest BCUT2D eigenvalue weighted by Gasteiger charge is 2.52. The summed E-state index contributed by atoms with van der Waals surface area (Å²) in [7, 11) is 0. The molecule has 0 saturated heterocycles. The van der Waals surface area contributed by atoms with Crippen LogP contribution in [-0.4, -0.2) is 0 Å². The molecule has 4 saturated carbocycles. The van der Waals surface area contributed by atoms with Gasteiger partial charge in [-0.1, -0.05) is 76.6 Å². The van der Waals surface area contributed by atoms with Gasteiger partial charge < -0.3 is 0 Å². The summed E-state index contributed by atoms with van der Waals surface area (Å²) in [5.74, 6) is 2.12. The summed E-state index contributed by atoms with van der Waals surface area (Å²) in [6.07, 6.45) is 22.0. The molecule has 0 N–H and O–H groups in total. The maximum absolute atomic E-state index is 2.49. The van der Waals surface area contributed by atoms with Gasteiger partial charge in [-0.2, -0.15) is 0 Å². The molecule has 4 aliphatic rings. The summed E-state index contributed by atoms with van der Waals surface area (Å²) in [5, 5.41) is 0. The van der Waals surface area contributed by atoms with Gasteiger partial charge in [-0.15, -0.1) is 0 Å². The van der Waals surface area contributed by atoms with Gasteiger partial charge in [-0.3, -0.25) is 0 Å². The predicted octanol–water partition coefficient (Wildman–Crippen LogP) is 8.23. The maximum Gasteiger partial charge on any atom is -0.00463 e. The topological polar surface area (TPSA) is 0 Å². The lowest BCUT2D eigenvalue weighted by Gasteiger charge is -2.58. The first-order valence-electron chi connectivity index (χ1n) is 12.3. The minimum absolute atomic E-state index is 0.533. The molecule has 1 aromatic rings. The molecule has 0 heterocycles. The van der Waals surface area contributed by atoms with Crippen molar-refractivity contribution in [3.8, 4) is 0 Å². The van der Waals surface area contributed by atoms with Crippen molar-refractivity contribution in [2.24, 2.45) is 17.3 Å². The lowest BCUT2D eigenvalue weighted by Crippen LogP contribution is -2.48. The number of unbranched alkanes of at least 4 members (excludes halogenated alkanes) is 1. The monoisotopic (exact) mass is 366 g/mol. The predicted molar refractivity (Wildman–Crippen MR) is 117 cm³/mol. The van der Waals surface area contributed by atoms with Gasteiger partial charge in [0.15, 0.2) is 0 Å². The largest absolute Gasteiger partial charge is 0.0654 e. The summed E-state index contributed by atoms with van der Waals surface area (Å²) in [6, 6.07) is 9.81. The first-order chi connectivity index (χ1) is 13.2. The molecule has 4 fully saturated rings.